The molecule has 1 aliphatic carbocycles. The minimum Gasteiger partial charge on any atom is -0.484 e. The van der Waals surface area contributed by atoms with Crippen LogP contribution < -0.4 is 9.64 Å². The van der Waals surface area contributed by atoms with Gasteiger partial charge < -0.3 is 14.5 Å². The van der Waals surface area contributed by atoms with E-state index in [9.17, 15) is 4.79 Å². The molecule has 4 heteroatoms. The second kappa shape index (κ2) is 8.16. The number of quaternary nitrogens is 1. The Bertz CT molecular complexity index is 521. The molecule has 1 aromatic carbocycles. The van der Waals surface area contributed by atoms with E-state index in [2.05, 4.69) is 12.2 Å². The lowest BCUT2D eigenvalue weighted by molar-refractivity contribution is -0.907. The maximum absolute atomic E-state index is 12.3. The first-order valence-electron chi connectivity index (χ1n) is 8.75. The van der Waals surface area contributed by atoms with Gasteiger partial charge in [0, 0.05) is 5.92 Å². The van der Waals surface area contributed by atoms with E-state index in [4.69, 9.17) is 4.74 Å². The number of para-hydroxylation sites is 1. The van der Waals surface area contributed by atoms with Crippen LogP contribution in [0.4, 0.5) is 0 Å². The van der Waals surface area contributed by atoms with Crippen molar-refractivity contribution in [3.63, 3.8) is 0 Å². The van der Waals surface area contributed by atoms with Gasteiger partial charge in [0.1, 0.15) is 5.75 Å². The number of hydrogen-bond acceptors (Lipinski definition) is 2. The van der Waals surface area contributed by atoms with E-state index in [1.54, 1.807) is 4.90 Å². The summed E-state index contributed by atoms with van der Waals surface area (Å²) in [6, 6.07) is 9.55. The Balaban J connectivity index is 1.38. The van der Waals surface area contributed by atoms with Crippen LogP contribution in [0.1, 0.15) is 19.3 Å². The molecule has 1 aromatic rings. The van der Waals surface area contributed by atoms with Crippen LogP contribution >= 0.6 is 0 Å². The van der Waals surface area contributed by atoms with Crippen LogP contribution in [-0.2, 0) is 4.79 Å². The van der Waals surface area contributed by atoms with Gasteiger partial charge >= 0.3 is 0 Å². The molecule has 0 saturated carbocycles. The van der Waals surface area contributed by atoms with Crippen molar-refractivity contribution in [3.8, 4) is 5.75 Å². The largest absolute Gasteiger partial charge is 0.484 e. The van der Waals surface area contributed by atoms with Gasteiger partial charge in [0.2, 0.25) is 0 Å². The summed E-state index contributed by atoms with van der Waals surface area (Å²) < 4.78 is 5.56. The van der Waals surface area contributed by atoms with Crippen molar-refractivity contribution in [2.24, 2.45) is 5.92 Å². The van der Waals surface area contributed by atoms with Crippen molar-refractivity contribution in [1.82, 2.24) is 4.90 Å². The van der Waals surface area contributed by atoms with Crippen LogP contribution in [0.2, 0.25) is 0 Å². The standard InChI is InChI=1S/C19H26N2O2/c22-19(16-23-18-9-5-2-6-10-18)21-13-11-20(12-14-21)15-17-7-3-1-4-8-17/h1-3,5-6,9-10,17H,4,7-8,11-16H2/p+1. The first-order chi connectivity index (χ1) is 11.3. The number of carbonyl (C=O) groups excluding carboxylic acids is 1. The van der Waals surface area contributed by atoms with Crippen LogP contribution in [0, 0.1) is 5.92 Å². The Morgan fingerprint density at radius 3 is 2.65 bits per heavy atom. The van der Waals surface area contributed by atoms with Crippen molar-refractivity contribution in [1.29, 1.82) is 0 Å². The Hall–Kier alpha value is -1.81. The molecule has 2 aliphatic rings. The Labute approximate surface area is 138 Å². The molecule has 23 heavy (non-hydrogen) atoms. The molecular formula is C19H27N2O2+. The molecule has 3 rings (SSSR count). The zero-order chi connectivity index (χ0) is 15.9. The van der Waals surface area contributed by atoms with Crippen LogP contribution in [0.15, 0.2) is 42.5 Å². The molecule has 0 aromatic heterocycles. The number of carbonyl (C=O) groups is 1. The maximum Gasteiger partial charge on any atom is 0.260 e. The molecule has 4 nitrogen and oxygen atoms in total. The fourth-order valence-electron chi connectivity index (χ4n) is 3.48. The van der Waals surface area contributed by atoms with Gasteiger partial charge in [-0.3, -0.25) is 4.79 Å². The third-order valence-electron chi connectivity index (χ3n) is 4.88. The number of piperazine rings is 1. The molecule has 1 heterocycles. The zero-order valence-electron chi connectivity index (χ0n) is 13.7. The van der Waals surface area contributed by atoms with Crippen molar-refractivity contribution in [2.45, 2.75) is 19.3 Å². The number of rotatable bonds is 5. The average molecular weight is 315 g/mol. The molecule has 1 N–H and O–H groups in total. The van der Waals surface area contributed by atoms with Gasteiger partial charge in [-0.05, 0) is 31.4 Å². The molecule has 124 valence electrons. The first-order valence-corrected chi connectivity index (χ1v) is 8.75. The minimum atomic E-state index is 0.105. The molecule has 1 amide bonds. The third kappa shape index (κ3) is 4.83. The average Bonchev–Trinajstić information content (AvgIpc) is 2.62. The maximum atomic E-state index is 12.3. The highest BCUT2D eigenvalue weighted by Crippen LogP contribution is 2.16. The number of benzene rings is 1. The van der Waals surface area contributed by atoms with Crippen molar-refractivity contribution >= 4 is 5.91 Å². The fraction of sp³-hybridized carbons (Fsp3) is 0.526. The summed E-state index contributed by atoms with van der Waals surface area (Å²) in [5, 5.41) is 0. The van der Waals surface area contributed by atoms with Gasteiger partial charge in [0.15, 0.2) is 6.61 Å². The van der Waals surface area contributed by atoms with Gasteiger partial charge in [-0.25, -0.2) is 0 Å². The van der Waals surface area contributed by atoms with Gasteiger partial charge in [0.25, 0.3) is 5.91 Å². The van der Waals surface area contributed by atoms with Crippen LogP contribution in [0.5, 0.6) is 5.75 Å². The van der Waals surface area contributed by atoms with Crippen molar-refractivity contribution < 1.29 is 14.4 Å². The summed E-state index contributed by atoms with van der Waals surface area (Å²) in [6.45, 7) is 5.25. The lowest BCUT2D eigenvalue weighted by Gasteiger charge is -2.34. The van der Waals surface area contributed by atoms with E-state index in [0.29, 0.717) is 0 Å². The normalized spacial score (nSPS) is 22.1. The zero-order valence-corrected chi connectivity index (χ0v) is 13.7. The van der Waals surface area contributed by atoms with E-state index >= 15 is 0 Å². The van der Waals surface area contributed by atoms with E-state index in [1.807, 2.05) is 35.2 Å². The topological polar surface area (TPSA) is 34.0 Å². The van der Waals surface area contributed by atoms with Gasteiger partial charge in [-0.1, -0.05) is 30.4 Å². The molecule has 1 unspecified atom stereocenters. The molecule has 1 atom stereocenters. The number of ether oxygens (including phenoxy) is 1. The van der Waals surface area contributed by atoms with Gasteiger partial charge in [-0.2, -0.15) is 0 Å². The highest BCUT2D eigenvalue weighted by Gasteiger charge is 2.26. The van der Waals surface area contributed by atoms with Crippen molar-refractivity contribution in [2.75, 3.05) is 39.3 Å². The number of nitrogens with one attached hydrogen (secondary N) is 1. The summed E-state index contributed by atoms with van der Waals surface area (Å²) in [7, 11) is 0. The van der Waals surface area contributed by atoms with Crippen LogP contribution in [0.3, 0.4) is 0 Å². The summed E-state index contributed by atoms with van der Waals surface area (Å²) in [6.07, 6.45) is 8.42. The highest BCUT2D eigenvalue weighted by molar-refractivity contribution is 5.77. The SMILES string of the molecule is O=C(COc1ccccc1)N1CC[NH+](CC2CC=CCC2)CC1. The number of nitrogens with zero attached hydrogens (tertiary/aromatic N) is 1. The lowest BCUT2D eigenvalue weighted by Crippen LogP contribution is -3.15. The summed E-state index contributed by atoms with van der Waals surface area (Å²) >= 11 is 0. The molecule has 0 radical (unpaired) electrons. The highest BCUT2D eigenvalue weighted by atomic mass is 16.5. The van der Waals surface area contributed by atoms with Gasteiger partial charge in [-0.15, -0.1) is 0 Å². The second-order valence-corrected chi connectivity index (χ2v) is 6.59. The Kier molecular flexibility index (Phi) is 5.70. The number of allylic oxidation sites excluding steroid dienone is 2. The van der Waals surface area contributed by atoms with E-state index < -0.39 is 0 Å². The van der Waals surface area contributed by atoms with E-state index in [0.717, 1.165) is 37.8 Å². The minimum absolute atomic E-state index is 0.105. The molecule has 1 aliphatic heterocycles. The van der Waals surface area contributed by atoms with Crippen LogP contribution in [0.25, 0.3) is 0 Å². The Morgan fingerprint density at radius 1 is 1.17 bits per heavy atom. The summed E-state index contributed by atoms with van der Waals surface area (Å²) in [4.78, 5) is 15.9. The monoisotopic (exact) mass is 315 g/mol. The molecule has 1 saturated heterocycles. The van der Waals surface area contributed by atoms with E-state index in [-0.39, 0.29) is 12.5 Å². The van der Waals surface area contributed by atoms with Crippen molar-refractivity contribution in [3.05, 3.63) is 42.5 Å². The van der Waals surface area contributed by atoms with Gasteiger partial charge in [0.05, 0.1) is 32.7 Å². The Morgan fingerprint density at radius 2 is 1.96 bits per heavy atom. The second-order valence-electron chi connectivity index (χ2n) is 6.59. The molecule has 1 fully saturated rings. The number of amides is 1. The van der Waals surface area contributed by atoms with E-state index in [1.165, 1.54) is 25.8 Å². The predicted molar refractivity (Wildman–Crippen MR) is 90.6 cm³/mol. The quantitative estimate of drug-likeness (QED) is 0.827. The first kappa shape index (κ1) is 16.1. The number of hydrogen-bond donors (Lipinski definition) is 1. The molecule has 0 bridgehead atoms. The fourth-order valence-corrected chi connectivity index (χ4v) is 3.48. The van der Waals surface area contributed by atoms with Crippen LogP contribution in [-0.4, -0.2) is 50.1 Å². The molecular weight excluding hydrogens is 288 g/mol. The smallest absolute Gasteiger partial charge is 0.260 e. The molecule has 0 spiro atoms. The summed E-state index contributed by atoms with van der Waals surface area (Å²) in [5.41, 5.74) is 0. The lowest BCUT2D eigenvalue weighted by atomic mass is 9.94. The summed E-state index contributed by atoms with van der Waals surface area (Å²) in [5.74, 6) is 1.70. The predicted octanol–water partition coefficient (Wildman–Crippen LogP) is 1.15. The third-order valence-corrected chi connectivity index (χ3v) is 4.88.